The number of methoxy groups -OCH3 is 1. The predicted molar refractivity (Wildman–Crippen MR) is 131 cm³/mol. The second-order valence-corrected chi connectivity index (χ2v) is 9.46. The van der Waals surface area contributed by atoms with Crippen LogP contribution in [0.1, 0.15) is 33.8 Å². The third-order valence-corrected chi connectivity index (χ3v) is 7.16. The fourth-order valence-electron chi connectivity index (χ4n) is 4.36. The monoisotopic (exact) mass is 520 g/mol. The van der Waals surface area contributed by atoms with Gasteiger partial charge in [-0.2, -0.15) is 4.68 Å². The highest BCUT2D eigenvalue weighted by molar-refractivity contribution is 7.12. The molecule has 36 heavy (non-hydrogen) atoms. The molecule has 0 fully saturated rings. The van der Waals surface area contributed by atoms with Crippen molar-refractivity contribution in [3.63, 3.8) is 0 Å². The number of thiophene rings is 1. The fraction of sp³-hybridized carbons (Fsp3) is 0.174. The van der Waals surface area contributed by atoms with E-state index in [1.54, 1.807) is 35.0 Å². The quantitative estimate of drug-likeness (QED) is 0.349. The van der Waals surface area contributed by atoms with Crippen molar-refractivity contribution in [3.05, 3.63) is 80.1 Å². The van der Waals surface area contributed by atoms with Crippen molar-refractivity contribution in [2.24, 2.45) is 0 Å². The molecule has 6 rings (SSSR count). The summed E-state index contributed by atoms with van der Waals surface area (Å²) in [7, 11) is 1.35. The number of ether oxygens (including phenoxy) is 1. The van der Waals surface area contributed by atoms with Gasteiger partial charge in [-0.25, -0.2) is 14.8 Å². The zero-order chi connectivity index (χ0) is 24.8. The Kier molecular flexibility index (Phi) is 5.46. The van der Waals surface area contributed by atoms with Crippen LogP contribution in [0, 0.1) is 0 Å². The van der Waals surface area contributed by atoms with E-state index in [4.69, 9.17) is 21.3 Å². The van der Waals surface area contributed by atoms with Crippen LogP contribution in [-0.2, 0) is 11.2 Å². The number of benzene rings is 1. The molecular weight excluding hydrogens is 504 g/mol. The van der Waals surface area contributed by atoms with E-state index in [0.717, 1.165) is 11.3 Å². The molecule has 13 heteroatoms. The minimum atomic E-state index is -0.382. The number of aryl methyl sites for hydroxylation is 1. The number of rotatable bonds is 5. The van der Waals surface area contributed by atoms with Crippen LogP contribution in [0.3, 0.4) is 0 Å². The van der Waals surface area contributed by atoms with Crippen LogP contribution in [-0.4, -0.2) is 52.8 Å². The number of nitrogens with zero attached hydrogens (tertiary/aromatic N) is 7. The summed E-state index contributed by atoms with van der Waals surface area (Å²) in [5, 5.41) is 13.7. The molecule has 0 bridgehead atoms. The van der Waals surface area contributed by atoms with Gasteiger partial charge in [-0.05, 0) is 41.1 Å². The van der Waals surface area contributed by atoms with Gasteiger partial charge in [-0.1, -0.05) is 11.6 Å². The van der Waals surface area contributed by atoms with Gasteiger partial charge >= 0.3 is 5.97 Å². The van der Waals surface area contributed by atoms with Crippen LogP contribution in [0.2, 0.25) is 5.02 Å². The molecule has 1 N–H and O–H groups in total. The zero-order valence-electron chi connectivity index (χ0n) is 18.8. The smallest absolute Gasteiger partial charge is 0.348 e. The zero-order valence-corrected chi connectivity index (χ0v) is 20.3. The van der Waals surface area contributed by atoms with Crippen molar-refractivity contribution in [1.82, 2.24) is 39.7 Å². The molecule has 1 aromatic carbocycles. The Morgan fingerprint density at radius 1 is 1.28 bits per heavy atom. The molecule has 1 aliphatic heterocycles. The van der Waals surface area contributed by atoms with Crippen molar-refractivity contribution in [2.45, 2.75) is 18.9 Å². The molecule has 11 nitrogen and oxygen atoms in total. The second kappa shape index (κ2) is 8.81. The Balaban J connectivity index is 1.35. The summed E-state index contributed by atoms with van der Waals surface area (Å²) in [6, 6.07) is 8.22. The second-order valence-electron chi connectivity index (χ2n) is 8.11. The van der Waals surface area contributed by atoms with Gasteiger partial charge in [0.1, 0.15) is 22.9 Å². The molecule has 0 saturated carbocycles. The first-order valence-corrected chi connectivity index (χ1v) is 12.2. The summed E-state index contributed by atoms with van der Waals surface area (Å²) < 4.78 is 7.95. The molecule has 0 radical (unpaired) electrons. The maximum Gasteiger partial charge on any atom is 0.348 e. The minimum Gasteiger partial charge on any atom is -0.465 e. The van der Waals surface area contributed by atoms with Crippen LogP contribution in [0.4, 0.5) is 0 Å². The number of carbonyl (C=O) groups is 1. The first kappa shape index (κ1) is 22.3. The Bertz CT molecular complexity index is 1660. The SMILES string of the molecule is COC(=O)c1cc(-c2cnc([C@@H]3CCc4nc(-c5cc(Cl)ccc5-n5cnnn5)cc(=O)n43)[nH]2)cs1. The molecule has 0 unspecified atom stereocenters. The summed E-state index contributed by atoms with van der Waals surface area (Å²) in [5.41, 5.74) is 3.20. The molecule has 0 amide bonds. The van der Waals surface area contributed by atoms with Crippen LogP contribution in [0.5, 0.6) is 0 Å². The largest absolute Gasteiger partial charge is 0.465 e. The molecule has 180 valence electrons. The minimum absolute atomic E-state index is 0.193. The summed E-state index contributed by atoms with van der Waals surface area (Å²) in [4.78, 5) is 38.2. The van der Waals surface area contributed by atoms with Crippen LogP contribution in [0.15, 0.2) is 53.0 Å². The van der Waals surface area contributed by atoms with Crippen LogP contribution < -0.4 is 5.56 Å². The number of imidazole rings is 1. The molecule has 5 aromatic rings. The molecule has 0 spiro atoms. The van der Waals surface area contributed by atoms with Crippen molar-refractivity contribution >= 4 is 28.9 Å². The van der Waals surface area contributed by atoms with E-state index in [0.29, 0.717) is 51.3 Å². The first-order valence-electron chi connectivity index (χ1n) is 10.9. The Morgan fingerprint density at radius 3 is 2.97 bits per heavy atom. The van der Waals surface area contributed by atoms with Gasteiger partial charge in [0.25, 0.3) is 5.56 Å². The molecule has 0 aliphatic carbocycles. The summed E-state index contributed by atoms with van der Waals surface area (Å²) >= 11 is 7.56. The van der Waals surface area contributed by atoms with E-state index in [1.165, 1.54) is 35.5 Å². The molecule has 0 saturated heterocycles. The molecule has 1 aliphatic rings. The average Bonchev–Trinajstić information content (AvgIpc) is 3.68. The lowest BCUT2D eigenvalue weighted by Gasteiger charge is -2.14. The number of hydrogen-bond acceptors (Lipinski definition) is 9. The molecule has 5 heterocycles. The number of carbonyl (C=O) groups excluding carboxylic acids is 1. The Hall–Kier alpha value is -4.16. The van der Waals surface area contributed by atoms with E-state index in [9.17, 15) is 9.59 Å². The lowest BCUT2D eigenvalue weighted by atomic mass is 10.1. The number of hydrogen-bond donors (Lipinski definition) is 1. The Labute approximate surface area is 212 Å². The highest BCUT2D eigenvalue weighted by atomic mass is 35.5. The van der Waals surface area contributed by atoms with Gasteiger partial charge in [0.05, 0.1) is 36.4 Å². The van der Waals surface area contributed by atoms with Crippen molar-refractivity contribution in [1.29, 1.82) is 0 Å². The van der Waals surface area contributed by atoms with Crippen molar-refractivity contribution < 1.29 is 9.53 Å². The number of nitrogens with one attached hydrogen (secondary N) is 1. The topological polar surface area (TPSA) is 133 Å². The predicted octanol–water partition coefficient (Wildman–Crippen LogP) is 3.31. The van der Waals surface area contributed by atoms with Crippen molar-refractivity contribution in [2.75, 3.05) is 7.11 Å². The molecule has 1 atom stereocenters. The molecular formula is C23H17ClN8O3S. The average molecular weight is 521 g/mol. The van der Waals surface area contributed by atoms with E-state index in [-0.39, 0.29) is 17.6 Å². The summed E-state index contributed by atoms with van der Waals surface area (Å²) in [5.74, 6) is 0.932. The van der Waals surface area contributed by atoms with Gasteiger partial charge in [0.15, 0.2) is 0 Å². The number of fused-ring (bicyclic) bond motifs is 1. The number of H-pyrrole nitrogens is 1. The van der Waals surface area contributed by atoms with Gasteiger partial charge in [0, 0.05) is 34.0 Å². The maximum atomic E-state index is 13.3. The van der Waals surface area contributed by atoms with E-state index >= 15 is 0 Å². The number of aromatic amines is 1. The lowest BCUT2D eigenvalue weighted by Crippen LogP contribution is -2.25. The van der Waals surface area contributed by atoms with Crippen LogP contribution >= 0.6 is 22.9 Å². The fourth-order valence-corrected chi connectivity index (χ4v) is 5.36. The van der Waals surface area contributed by atoms with Gasteiger partial charge in [-0.15, -0.1) is 16.4 Å². The van der Waals surface area contributed by atoms with Crippen molar-refractivity contribution in [3.8, 4) is 28.2 Å². The first-order chi connectivity index (χ1) is 17.5. The van der Waals surface area contributed by atoms with Gasteiger partial charge in [0.2, 0.25) is 0 Å². The number of halogens is 1. The van der Waals surface area contributed by atoms with E-state index in [1.807, 2.05) is 5.38 Å². The summed E-state index contributed by atoms with van der Waals surface area (Å²) in [6.45, 7) is 0. The highest BCUT2D eigenvalue weighted by Crippen LogP contribution is 2.33. The highest BCUT2D eigenvalue weighted by Gasteiger charge is 2.29. The maximum absolute atomic E-state index is 13.3. The van der Waals surface area contributed by atoms with Gasteiger partial charge in [-0.3, -0.25) is 9.36 Å². The number of aromatic nitrogens is 8. The third-order valence-electron chi connectivity index (χ3n) is 6.02. The molecule has 4 aromatic heterocycles. The van der Waals surface area contributed by atoms with E-state index < -0.39 is 0 Å². The third kappa shape index (κ3) is 3.80. The number of esters is 1. The van der Waals surface area contributed by atoms with Gasteiger partial charge < -0.3 is 9.72 Å². The van der Waals surface area contributed by atoms with E-state index in [2.05, 4.69) is 25.5 Å². The standard InChI is InChI=1S/C23H17ClN8O3S/c1-35-23(34)19-6-12(10-36-19)16-9-25-22(28-16)18-4-5-20-27-15(8-21(33)32(18)20)14-7-13(24)2-3-17(14)31-11-26-29-30-31/h2-3,6-11,18H,4-5H2,1H3,(H,25,28)/t18-/m0/s1. The summed E-state index contributed by atoms with van der Waals surface area (Å²) in [6.07, 6.45) is 4.45. The normalized spacial score (nSPS) is 14.7. The lowest BCUT2D eigenvalue weighted by molar-refractivity contribution is 0.0606. The number of tetrazole rings is 1. The van der Waals surface area contributed by atoms with Crippen LogP contribution in [0.25, 0.3) is 28.2 Å². The Morgan fingerprint density at radius 2 is 2.17 bits per heavy atom.